The largest absolute Gasteiger partial charge is 0.456 e. The minimum atomic E-state index is -1.52. The lowest BCUT2D eigenvalue weighted by Crippen LogP contribution is -2.59. The third-order valence-electron chi connectivity index (χ3n) is 3.31. The highest BCUT2D eigenvalue weighted by Crippen LogP contribution is 2.32. The predicted molar refractivity (Wildman–Crippen MR) is 69.8 cm³/mol. The summed E-state index contributed by atoms with van der Waals surface area (Å²) in [7, 11) is 0. The third kappa shape index (κ3) is 3.91. The molecule has 116 valence electrons. The molecular weight excluding hydrogens is 267 g/mol. The van der Waals surface area contributed by atoms with Crippen LogP contribution in [0.5, 0.6) is 0 Å². The zero-order chi connectivity index (χ0) is 15.4. The van der Waals surface area contributed by atoms with E-state index in [1.807, 2.05) is 20.8 Å². The summed E-state index contributed by atoms with van der Waals surface area (Å²) >= 11 is 0. The molecule has 0 aromatic rings. The van der Waals surface area contributed by atoms with Gasteiger partial charge in [0.15, 0.2) is 18.4 Å². The van der Waals surface area contributed by atoms with E-state index in [1.165, 1.54) is 13.8 Å². The van der Waals surface area contributed by atoms with Crippen LogP contribution in [0.25, 0.3) is 0 Å². The van der Waals surface area contributed by atoms with Gasteiger partial charge in [0, 0.05) is 13.8 Å². The topological polar surface area (TPSA) is 61.8 Å². The molecule has 0 aromatic heterocycles. The van der Waals surface area contributed by atoms with E-state index in [0.29, 0.717) is 6.42 Å². The molecule has 1 saturated heterocycles. The molecule has 1 aliphatic rings. The van der Waals surface area contributed by atoms with Gasteiger partial charge in [0.25, 0.3) is 0 Å². The lowest BCUT2D eigenvalue weighted by molar-refractivity contribution is -0.234. The van der Waals surface area contributed by atoms with E-state index in [9.17, 15) is 14.0 Å². The van der Waals surface area contributed by atoms with Crippen LogP contribution in [0.4, 0.5) is 4.39 Å². The number of rotatable bonds is 4. The molecule has 0 bridgehead atoms. The van der Waals surface area contributed by atoms with Crippen LogP contribution in [-0.4, -0.2) is 42.5 Å². The summed E-state index contributed by atoms with van der Waals surface area (Å²) in [6.07, 6.45) is -4.19. The Morgan fingerprint density at radius 2 is 1.65 bits per heavy atom. The highest BCUT2D eigenvalue weighted by molar-refractivity contribution is 5.67. The summed E-state index contributed by atoms with van der Waals surface area (Å²) < 4.78 is 30.4. The van der Waals surface area contributed by atoms with E-state index in [0.717, 1.165) is 0 Å². The fraction of sp³-hybridized carbons (Fsp3) is 0.857. The van der Waals surface area contributed by atoms with E-state index in [4.69, 9.17) is 14.2 Å². The molecule has 1 aliphatic heterocycles. The Hall–Kier alpha value is -1.17. The first-order valence-electron chi connectivity index (χ1n) is 6.91. The number of ether oxygens (including phenoxy) is 3. The molecule has 5 atom stereocenters. The lowest BCUT2D eigenvalue weighted by Gasteiger charge is -2.43. The van der Waals surface area contributed by atoms with Crippen molar-refractivity contribution in [2.45, 2.75) is 71.6 Å². The number of alkyl halides is 1. The van der Waals surface area contributed by atoms with Crippen molar-refractivity contribution in [3.8, 4) is 0 Å². The molecule has 1 fully saturated rings. The molecule has 0 aromatic carbocycles. The molecule has 1 rings (SSSR count). The van der Waals surface area contributed by atoms with Gasteiger partial charge in [-0.25, -0.2) is 4.39 Å². The maximum Gasteiger partial charge on any atom is 0.303 e. The van der Waals surface area contributed by atoms with E-state index < -0.39 is 42.5 Å². The minimum Gasteiger partial charge on any atom is -0.456 e. The fourth-order valence-electron chi connectivity index (χ4n) is 2.45. The Labute approximate surface area is 118 Å². The van der Waals surface area contributed by atoms with Crippen LogP contribution < -0.4 is 0 Å². The molecule has 0 radical (unpaired) electrons. The first-order chi connectivity index (χ1) is 9.27. The average molecular weight is 290 g/mol. The zero-order valence-corrected chi connectivity index (χ0v) is 12.6. The first-order valence-corrected chi connectivity index (χ1v) is 6.91. The van der Waals surface area contributed by atoms with Gasteiger partial charge in [-0.1, -0.05) is 20.8 Å². The van der Waals surface area contributed by atoms with Crippen LogP contribution in [0.15, 0.2) is 0 Å². The normalized spacial score (nSPS) is 33.9. The van der Waals surface area contributed by atoms with Crippen LogP contribution >= 0.6 is 0 Å². The zero-order valence-electron chi connectivity index (χ0n) is 12.6. The Morgan fingerprint density at radius 3 is 2.05 bits per heavy atom. The van der Waals surface area contributed by atoms with Crippen molar-refractivity contribution in [2.75, 3.05) is 0 Å². The maximum atomic E-state index is 14.5. The average Bonchev–Trinajstić information content (AvgIpc) is 2.32. The molecule has 0 spiro atoms. The SMILES string of the molecule is CCC1OC(C(C)C)C(F)C(OC(C)=O)C1OC(C)=O. The van der Waals surface area contributed by atoms with Crippen molar-refractivity contribution in [3.05, 3.63) is 0 Å². The van der Waals surface area contributed by atoms with Crippen LogP contribution in [0.1, 0.15) is 41.0 Å². The quantitative estimate of drug-likeness (QED) is 0.741. The third-order valence-corrected chi connectivity index (χ3v) is 3.31. The highest BCUT2D eigenvalue weighted by atomic mass is 19.1. The van der Waals surface area contributed by atoms with Gasteiger partial charge in [-0.2, -0.15) is 0 Å². The Morgan fingerprint density at radius 1 is 1.15 bits per heavy atom. The van der Waals surface area contributed by atoms with E-state index in [1.54, 1.807) is 0 Å². The number of hydrogen-bond acceptors (Lipinski definition) is 5. The monoisotopic (exact) mass is 290 g/mol. The van der Waals surface area contributed by atoms with Gasteiger partial charge >= 0.3 is 11.9 Å². The van der Waals surface area contributed by atoms with Crippen molar-refractivity contribution in [3.63, 3.8) is 0 Å². The lowest BCUT2D eigenvalue weighted by atomic mass is 9.89. The van der Waals surface area contributed by atoms with Gasteiger partial charge in [-0.3, -0.25) is 9.59 Å². The molecule has 0 aliphatic carbocycles. The molecule has 20 heavy (non-hydrogen) atoms. The molecule has 5 unspecified atom stereocenters. The maximum absolute atomic E-state index is 14.5. The summed E-state index contributed by atoms with van der Waals surface area (Å²) in [4.78, 5) is 22.4. The van der Waals surface area contributed by atoms with E-state index in [2.05, 4.69) is 0 Å². The Balaban J connectivity index is 3.03. The second-order valence-corrected chi connectivity index (χ2v) is 5.38. The smallest absolute Gasteiger partial charge is 0.303 e. The van der Waals surface area contributed by atoms with Gasteiger partial charge in [0.05, 0.1) is 12.2 Å². The highest BCUT2D eigenvalue weighted by Gasteiger charge is 2.50. The molecular formula is C14H23FO5. The van der Waals surface area contributed by atoms with Crippen molar-refractivity contribution in [1.29, 1.82) is 0 Å². The van der Waals surface area contributed by atoms with Crippen LogP contribution in [0.2, 0.25) is 0 Å². The van der Waals surface area contributed by atoms with Crippen LogP contribution in [0.3, 0.4) is 0 Å². The fourth-order valence-corrected chi connectivity index (χ4v) is 2.45. The standard InChI is InChI=1S/C14H23FO5/c1-6-10-13(18-8(4)16)14(19-9(5)17)11(15)12(20-10)7(2)3/h7,10-14H,6H2,1-5H3. The van der Waals surface area contributed by atoms with E-state index in [-0.39, 0.29) is 5.92 Å². The number of hydrogen-bond donors (Lipinski definition) is 0. The van der Waals surface area contributed by atoms with Crippen LogP contribution in [0, 0.1) is 5.92 Å². The van der Waals surface area contributed by atoms with Crippen LogP contribution in [-0.2, 0) is 23.8 Å². The minimum absolute atomic E-state index is 0.0737. The van der Waals surface area contributed by atoms with Crippen molar-refractivity contribution >= 4 is 11.9 Å². The number of carbonyl (C=O) groups is 2. The summed E-state index contributed by atoms with van der Waals surface area (Å²) in [6.45, 7) is 7.96. The molecule has 6 heteroatoms. The van der Waals surface area contributed by atoms with Gasteiger partial charge in [-0.15, -0.1) is 0 Å². The second kappa shape index (κ2) is 7.02. The van der Waals surface area contributed by atoms with E-state index >= 15 is 0 Å². The molecule has 0 N–H and O–H groups in total. The van der Waals surface area contributed by atoms with Gasteiger partial charge in [-0.05, 0) is 12.3 Å². The second-order valence-electron chi connectivity index (χ2n) is 5.38. The summed E-state index contributed by atoms with van der Waals surface area (Å²) in [5.74, 6) is -1.23. The number of esters is 2. The predicted octanol–water partition coefficient (Wildman–Crippen LogP) is 2.02. The molecule has 0 amide bonds. The molecule has 0 saturated carbocycles. The number of halogens is 1. The van der Waals surface area contributed by atoms with Gasteiger partial charge < -0.3 is 14.2 Å². The van der Waals surface area contributed by atoms with Gasteiger partial charge in [0.1, 0.15) is 0 Å². The Bertz CT molecular complexity index is 357. The van der Waals surface area contributed by atoms with Crippen molar-refractivity contribution < 1.29 is 28.2 Å². The molecule has 5 nitrogen and oxygen atoms in total. The molecule has 1 heterocycles. The van der Waals surface area contributed by atoms with Gasteiger partial charge in [0.2, 0.25) is 0 Å². The van der Waals surface area contributed by atoms with Crippen molar-refractivity contribution in [2.24, 2.45) is 5.92 Å². The first kappa shape index (κ1) is 16.9. The summed E-state index contributed by atoms with van der Waals surface area (Å²) in [5, 5.41) is 0. The summed E-state index contributed by atoms with van der Waals surface area (Å²) in [6, 6.07) is 0. The summed E-state index contributed by atoms with van der Waals surface area (Å²) in [5.41, 5.74) is 0. The van der Waals surface area contributed by atoms with Crippen molar-refractivity contribution in [1.82, 2.24) is 0 Å². The Kier molecular flexibility index (Phi) is 5.92. The number of carbonyl (C=O) groups excluding carboxylic acids is 2.